The topological polar surface area (TPSA) is 62.6 Å². The normalized spacial score (nSPS) is 14.5. The first-order valence-corrected chi connectivity index (χ1v) is 9.96. The molecule has 4 rings (SSSR count). The zero-order valence-corrected chi connectivity index (χ0v) is 16.5. The number of imide groups is 1. The van der Waals surface area contributed by atoms with Gasteiger partial charge in [0.05, 0.1) is 18.4 Å². The van der Waals surface area contributed by atoms with Gasteiger partial charge in [-0.05, 0) is 47.2 Å². The fourth-order valence-electron chi connectivity index (χ4n) is 3.14. The second-order valence-corrected chi connectivity index (χ2v) is 7.85. The van der Waals surface area contributed by atoms with Crippen LogP contribution in [0.1, 0.15) is 36.0 Å². The zero-order valence-electron chi connectivity index (χ0n) is 15.6. The molecule has 0 atom stereocenters. The van der Waals surface area contributed by atoms with E-state index in [2.05, 4.69) is 19.2 Å². The van der Waals surface area contributed by atoms with Gasteiger partial charge in [-0.15, -0.1) is 11.3 Å². The van der Waals surface area contributed by atoms with Crippen molar-refractivity contribution in [3.8, 4) is 0 Å². The molecule has 0 radical (unpaired) electrons. The van der Waals surface area contributed by atoms with Crippen molar-refractivity contribution in [3.05, 3.63) is 82.1 Å². The first-order chi connectivity index (χ1) is 13.5. The maximum atomic E-state index is 13.1. The zero-order chi connectivity index (χ0) is 19.7. The third-order valence-electron chi connectivity index (χ3n) is 4.68. The average molecular weight is 392 g/mol. The van der Waals surface area contributed by atoms with Crippen molar-refractivity contribution < 1.29 is 14.0 Å². The van der Waals surface area contributed by atoms with E-state index in [1.54, 1.807) is 12.1 Å². The van der Waals surface area contributed by atoms with E-state index in [9.17, 15) is 9.59 Å². The second-order valence-electron chi connectivity index (χ2n) is 6.90. The van der Waals surface area contributed by atoms with Crippen LogP contribution in [0.25, 0.3) is 5.57 Å². The Hall–Kier alpha value is -3.12. The van der Waals surface area contributed by atoms with E-state index in [1.807, 2.05) is 41.8 Å². The number of carbonyl (C=O) groups is 2. The Kier molecular flexibility index (Phi) is 4.88. The first-order valence-electron chi connectivity index (χ1n) is 9.08. The number of furan rings is 1. The third-order valence-corrected chi connectivity index (χ3v) is 5.56. The van der Waals surface area contributed by atoms with Crippen LogP contribution in [0, 0.1) is 0 Å². The first kappa shape index (κ1) is 18.3. The van der Waals surface area contributed by atoms with E-state index < -0.39 is 0 Å². The fraction of sp³-hybridized carbons (Fsp3) is 0.182. The van der Waals surface area contributed by atoms with Gasteiger partial charge in [0.15, 0.2) is 0 Å². The number of nitrogens with zero attached hydrogens (tertiary/aromatic N) is 1. The molecule has 1 N–H and O–H groups in total. The number of rotatable bonds is 6. The smallest absolute Gasteiger partial charge is 0.278 e. The lowest BCUT2D eigenvalue weighted by molar-refractivity contribution is -0.137. The van der Waals surface area contributed by atoms with Crippen LogP contribution in [0.5, 0.6) is 0 Å². The van der Waals surface area contributed by atoms with Crippen molar-refractivity contribution in [1.29, 1.82) is 0 Å². The quantitative estimate of drug-likeness (QED) is 0.609. The molecule has 0 saturated carbocycles. The molecule has 1 aliphatic rings. The Morgan fingerprint density at radius 3 is 2.43 bits per heavy atom. The van der Waals surface area contributed by atoms with Gasteiger partial charge in [-0.3, -0.25) is 14.5 Å². The third kappa shape index (κ3) is 3.39. The van der Waals surface area contributed by atoms with Crippen LogP contribution < -0.4 is 5.32 Å². The highest BCUT2D eigenvalue weighted by atomic mass is 32.1. The molecule has 0 spiro atoms. The van der Waals surface area contributed by atoms with Crippen LogP contribution in [-0.4, -0.2) is 16.7 Å². The minimum atomic E-state index is -0.349. The molecule has 142 valence electrons. The van der Waals surface area contributed by atoms with E-state index in [0.29, 0.717) is 22.9 Å². The molecule has 6 heteroatoms. The summed E-state index contributed by atoms with van der Waals surface area (Å²) in [6, 6.07) is 15.1. The lowest BCUT2D eigenvalue weighted by Crippen LogP contribution is -2.31. The average Bonchev–Trinajstić information content (AvgIpc) is 3.42. The molecule has 1 aromatic carbocycles. The van der Waals surface area contributed by atoms with Gasteiger partial charge in [0.1, 0.15) is 11.5 Å². The van der Waals surface area contributed by atoms with Crippen molar-refractivity contribution in [1.82, 2.24) is 4.90 Å². The predicted molar refractivity (Wildman–Crippen MR) is 110 cm³/mol. The Balaban J connectivity index is 1.68. The lowest BCUT2D eigenvalue weighted by Gasteiger charge is -2.14. The molecule has 0 aliphatic carbocycles. The summed E-state index contributed by atoms with van der Waals surface area (Å²) in [4.78, 5) is 28.1. The van der Waals surface area contributed by atoms with Crippen molar-refractivity contribution in [2.24, 2.45) is 0 Å². The summed E-state index contributed by atoms with van der Waals surface area (Å²) in [7, 11) is 0. The molecule has 28 heavy (non-hydrogen) atoms. The van der Waals surface area contributed by atoms with Crippen molar-refractivity contribution >= 4 is 34.4 Å². The summed E-state index contributed by atoms with van der Waals surface area (Å²) in [6.45, 7) is 4.37. The van der Waals surface area contributed by atoms with Crippen LogP contribution >= 0.6 is 11.3 Å². The highest BCUT2D eigenvalue weighted by Crippen LogP contribution is 2.33. The van der Waals surface area contributed by atoms with Gasteiger partial charge in [0.2, 0.25) is 0 Å². The van der Waals surface area contributed by atoms with Crippen molar-refractivity contribution in [2.45, 2.75) is 26.3 Å². The largest absolute Gasteiger partial charge is 0.467 e. The minimum Gasteiger partial charge on any atom is -0.467 e. The Bertz CT molecular complexity index is 1020. The molecule has 3 heterocycles. The SMILES string of the molecule is CC(C)c1ccc(NC2=C(c3cccs3)C(=O)N(Cc3ccco3)C2=O)cc1. The molecule has 0 fully saturated rings. The number of nitrogens with one attached hydrogen (secondary N) is 1. The van der Waals surface area contributed by atoms with Gasteiger partial charge in [0.25, 0.3) is 11.8 Å². The molecule has 0 saturated heterocycles. The number of amides is 2. The molecule has 0 bridgehead atoms. The molecule has 2 amide bonds. The Morgan fingerprint density at radius 1 is 1.04 bits per heavy atom. The van der Waals surface area contributed by atoms with Gasteiger partial charge in [-0.2, -0.15) is 0 Å². The van der Waals surface area contributed by atoms with E-state index in [1.165, 1.54) is 28.1 Å². The fourth-order valence-corrected chi connectivity index (χ4v) is 3.91. The monoisotopic (exact) mass is 392 g/mol. The van der Waals surface area contributed by atoms with E-state index in [0.717, 1.165) is 10.6 Å². The Morgan fingerprint density at radius 2 is 1.82 bits per heavy atom. The molecule has 3 aromatic rings. The van der Waals surface area contributed by atoms with Crippen LogP contribution in [0.4, 0.5) is 5.69 Å². The van der Waals surface area contributed by atoms with E-state index in [-0.39, 0.29) is 18.4 Å². The molecule has 1 aliphatic heterocycles. The van der Waals surface area contributed by atoms with Gasteiger partial charge >= 0.3 is 0 Å². The van der Waals surface area contributed by atoms with Gasteiger partial charge in [-0.25, -0.2) is 0 Å². The highest BCUT2D eigenvalue weighted by Gasteiger charge is 2.40. The summed E-state index contributed by atoms with van der Waals surface area (Å²) >= 11 is 1.44. The van der Waals surface area contributed by atoms with Crippen molar-refractivity contribution in [3.63, 3.8) is 0 Å². The van der Waals surface area contributed by atoms with Gasteiger partial charge in [-0.1, -0.05) is 32.0 Å². The van der Waals surface area contributed by atoms with Crippen LogP contribution in [0.3, 0.4) is 0 Å². The summed E-state index contributed by atoms with van der Waals surface area (Å²) in [5, 5.41) is 5.07. The number of hydrogen-bond acceptors (Lipinski definition) is 5. The maximum Gasteiger partial charge on any atom is 0.278 e. The second kappa shape index (κ2) is 7.48. The molecule has 0 unspecified atom stereocenters. The van der Waals surface area contributed by atoms with Crippen LogP contribution in [0.15, 0.2) is 70.3 Å². The number of hydrogen-bond donors (Lipinski definition) is 1. The number of carbonyl (C=O) groups excluding carboxylic acids is 2. The number of thiophene rings is 1. The van der Waals surface area contributed by atoms with E-state index in [4.69, 9.17) is 4.42 Å². The summed E-state index contributed by atoms with van der Waals surface area (Å²) in [5.41, 5.74) is 2.69. The number of anilines is 1. The van der Waals surface area contributed by atoms with E-state index >= 15 is 0 Å². The molecule has 5 nitrogen and oxygen atoms in total. The summed E-state index contributed by atoms with van der Waals surface area (Å²) < 4.78 is 5.32. The molecule has 2 aromatic heterocycles. The van der Waals surface area contributed by atoms with Gasteiger partial charge in [0, 0.05) is 10.6 Å². The Labute approximate surface area is 167 Å². The standard InChI is InChI=1S/C22H20N2O3S/c1-14(2)15-7-9-16(10-8-15)23-20-19(18-6-4-12-28-18)21(25)24(22(20)26)13-17-5-3-11-27-17/h3-12,14,23H,13H2,1-2H3. The molecular weight excluding hydrogens is 372 g/mol. The number of benzene rings is 1. The van der Waals surface area contributed by atoms with Gasteiger partial charge < -0.3 is 9.73 Å². The predicted octanol–water partition coefficient (Wildman–Crippen LogP) is 4.86. The summed E-state index contributed by atoms with van der Waals surface area (Å²) in [5.74, 6) is 0.325. The minimum absolute atomic E-state index is 0.108. The summed E-state index contributed by atoms with van der Waals surface area (Å²) in [6.07, 6.45) is 1.53. The van der Waals surface area contributed by atoms with Crippen LogP contribution in [-0.2, 0) is 16.1 Å². The highest BCUT2D eigenvalue weighted by molar-refractivity contribution is 7.11. The lowest BCUT2D eigenvalue weighted by atomic mass is 10.0. The van der Waals surface area contributed by atoms with Crippen LogP contribution in [0.2, 0.25) is 0 Å². The molecular formula is C22H20N2O3S. The maximum absolute atomic E-state index is 13.1. The van der Waals surface area contributed by atoms with Crippen molar-refractivity contribution in [2.75, 3.05) is 5.32 Å².